The normalized spacial score (nSPS) is 11.1. The zero-order chi connectivity index (χ0) is 19.6. The quantitative estimate of drug-likeness (QED) is 0.342. The molecular weight excluding hydrogens is 382 g/mol. The summed E-state index contributed by atoms with van der Waals surface area (Å²) in [5.74, 6) is 2.22. The van der Waals surface area contributed by atoms with Crippen molar-refractivity contribution in [2.75, 3.05) is 5.32 Å². The van der Waals surface area contributed by atoms with Gasteiger partial charge in [-0.15, -0.1) is 0 Å². The number of para-hydroxylation sites is 2. The number of anilines is 1. The van der Waals surface area contributed by atoms with Gasteiger partial charge in [0.05, 0.1) is 16.7 Å². The Morgan fingerprint density at radius 2 is 1.72 bits per heavy atom. The number of fused-ring (bicyclic) bond motifs is 3. The Bertz CT molecular complexity index is 1310. The average molecular weight is 400 g/mol. The van der Waals surface area contributed by atoms with Crippen molar-refractivity contribution in [1.29, 1.82) is 0 Å². The molecule has 0 saturated carbocycles. The first kappa shape index (κ1) is 17.6. The van der Waals surface area contributed by atoms with Gasteiger partial charge < -0.3 is 15.0 Å². The molecule has 0 saturated heterocycles. The molecule has 29 heavy (non-hydrogen) atoms. The third-order valence-corrected chi connectivity index (χ3v) is 5.14. The van der Waals surface area contributed by atoms with Gasteiger partial charge in [0.2, 0.25) is 0 Å². The Labute approximate surface area is 173 Å². The Hall–Kier alpha value is -3.50. The van der Waals surface area contributed by atoms with Crippen LogP contribution in [0.5, 0.6) is 11.5 Å². The largest absolute Gasteiger partial charge is 0.456 e. The van der Waals surface area contributed by atoms with Crippen LogP contribution in [-0.2, 0) is 6.54 Å². The number of hydrogen-bond acceptors (Lipinski definition) is 3. The molecule has 0 radical (unpaired) electrons. The molecule has 0 fully saturated rings. The third kappa shape index (κ3) is 3.62. The lowest BCUT2D eigenvalue weighted by atomic mass is 10.2. The molecule has 4 nitrogen and oxygen atoms in total. The number of pyridine rings is 1. The van der Waals surface area contributed by atoms with Gasteiger partial charge in [0.15, 0.2) is 0 Å². The summed E-state index contributed by atoms with van der Waals surface area (Å²) in [6.45, 7) is 0.639. The molecule has 0 amide bonds. The number of rotatable bonds is 5. The summed E-state index contributed by atoms with van der Waals surface area (Å²) in [7, 11) is 0. The van der Waals surface area contributed by atoms with Crippen LogP contribution in [0.3, 0.4) is 0 Å². The maximum absolute atomic E-state index is 6.19. The number of nitrogens with zero attached hydrogens (tertiary/aromatic N) is 1. The van der Waals surface area contributed by atoms with Crippen molar-refractivity contribution in [2.24, 2.45) is 0 Å². The summed E-state index contributed by atoms with van der Waals surface area (Å²) in [5.41, 5.74) is 3.24. The van der Waals surface area contributed by atoms with E-state index >= 15 is 0 Å². The van der Waals surface area contributed by atoms with E-state index in [-0.39, 0.29) is 0 Å². The minimum absolute atomic E-state index is 0.590. The van der Waals surface area contributed by atoms with E-state index in [0.29, 0.717) is 17.3 Å². The van der Waals surface area contributed by atoms with Gasteiger partial charge in [-0.25, -0.2) is 4.98 Å². The lowest BCUT2D eigenvalue weighted by Gasteiger charge is -2.10. The molecule has 0 aliphatic rings. The van der Waals surface area contributed by atoms with Gasteiger partial charge in [0.25, 0.3) is 0 Å². The molecule has 0 bridgehead atoms. The molecule has 5 heteroatoms. The van der Waals surface area contributed by atoms with Gasteiger partial charge in [-0.1, -0.05) is 54.1 Å². The standard InChI is InChI=1S/C24H18ClN3O/c25-20-9-2-4-11-23(20)29-17-7-5-6-16(12-17)14-26-24-13-19-18-8-1-3-10-21(18)28-22(19)15-27-24/h1-13,15,28H,14H2,(H,26,27). The molecule has 142 valence electrons. The van der Waals surface area contributed by atoms with E-state index in [0.717, 1.165) is 33.6 Å². The van der Waals surface area contributed by atoms with Crippen molar-refractivity contribution in [2.45, 2.75) is 6.54 Å². The highest BCUT2D eigenvalue weighted by molar-refractivity contribution is 6.32. The first-order valence-corrected chi connectivity index (χ1v) is 9.76. The summed E-state index contributed by atoms with van der Waals surface area (Å²) in [6.07, 6.45) is 1.87. The van der Waals surface area contributed by atoms with Crippen molar-refractivity contribution < 1.29 is 4.74 Å². The van der Waals surface area contributed by atoms with E-state index < -0.39 is 0 Å². The predicted octanol–water partition coefficient (Wildman–Crippen LogP) is 6.77. The second kappa shape index (κ2) is 7.49. The Morgan fingerprint density at radius 3 is 2.66 bits per heavy atom. The number of H-pyrrole nitrogens is 1. The highest BCUT2D eigenvalue weighted by Crippen LogP contribution is 2.30. The van der Waals surface area contributed by atoms with Gasteiger partial charge in [-0.2, -0.15) is 0 Å². The number of benzene rings is 3. The summed E-state index contributed by atoms with van der Waals surface area (Å²) >= 11 is 6.19. The molecule has 2 N–H and O–H groups in total. The fraction of sp³-hybridized carbons (Fsp3) is 0.0417. The molecule has 0 atom stereocenters. The van der Waals surface area contributed by atoms with Crippen LogP contribution in [0.25, 0.3) is 21.8 Å². The second-order valence-electron chi connectivity index (χ2n) is 6.82. The van der Waals surface area contributed by atoms with E-state index in [2.05, 4.69) is 39.6 Å². The van der Waals surface area contributed by atoms with Crippen LogP contribution in [0.15, 0.2) is 85.1 Å². The number of ether oxygens (including phenoxy) is 1. The summed E-state index contributed by atoms with van der Waals surface area (Å²) in [4.78, 5) is 7.92. The number of hydrogen-bond donors (Lipinski definition) is 2. The van der Waals surface area contributed by atoms with Gasteiger partial charge >= 0.3 is 0 Å². The van der Waals surface area contributed by atoms with Crippen LogP contribution in [0.2, 0.25) is 5.02 Å². The Kier molecular flexibility index (Phi) is 4.54. The Morgan fingerprint density at radius 1 is 0.862 bits per heavy atom. The number of aromatic nitrogens is 2. The zero-order valence-electron chi connectivity index (χ0n) is 15.5. The number of halogens is 1. The molecule has 2 heterocycles. The number of nitrogens with one attached hydrogen (secondary N) is 2. The van der Waals surface area contributed by atoms with Crippen molar-refractivity contribution in [3.05, 3.63) is 95.6 Å². The lowest BCUT2D eigenvalue weighted by Crippen LogP contribution is -2.01. The number of aromatic amines is 1. The fourth-order valence-electron chi connectivity index (χ4n) is 3.41. The summed E-state index contributed by atoms with van der Waals surface area (Å²) in [5, 5.41) is 6.35. The first-order chi connectivity index (χ1) is 14.3. The van der Waals surface area contributed by atoms with Crippen LogP contribution >= 0.6 is 11.6 Å². The van der Waals surface area contributed by atoms with Crippen LogP contribution in [0.4, 0.5) is 5.82 Å². The van der Waals surface area contributed by atoms with Gasteiger partial charge in [0.1, 0.15) is 17.3 Å². The van der Waals surface area contributed by atoms with E-state index in [9.17, 15) is 0 Å². The highest BCUT2D eigenvalue weighted by Gasteiger charge is 2.06. The predicted molar refractivity (Wildman–Crippen MR) is 119 cm³/mol. The highest BCUT2D eigenvalue weighted by atomic mass is 35.5. The average Bonchev–Trinajstić information content (AvgIpc) is 3.12. The molecule has 2 aromatic heterocycles. The van der Waals surface area contributed by atoms with E-state index in [4.69, 9.17) is 16.3 Å². The molecule has 5 aromatic rings. The van der Waals surface area contributed by atoms with Gasteiger partial charge in [-0.05, 0) is 42.0 Å². The third-order valence-electron chi connectivity index (χ3n) is 4.83. The second-order valence-corrected chi connectivity index (χ2v) is 7.23. The van der Waals surface area contributed by atoms with Crippen LogP contribution in [0.1, 0.15) is 5.56 Å². The molecule has 0 aliphatic carbocycles. The van der Waals surface area contributed by atoms with E-state index in [1.165, 1.54) is 5.39 Å². The van der Waals surface area contributed by atoms with E-state index in [1.807, 2.05) is 60.8 Å². The van der Waals surface area contributed by atoms with Crippen LogP contribution in [0, 0.1) is 0 Å². The monoisotopic (exact) mass is 399 g/mol. The molecule has 5 rings (SSSR count). The van der Waals surface area contributed by atoms with Crippen LogP contribution in [-0.4, -0.2) is 9.97 Å². The van der Waals surface area contributed by atoms with E-state index in [1.54, 1.807) is 0 Å². The minimum atomic E-state index is 0.590. The SMILES string of the molecule is Clc1ccccc1Oc1cccc(CNc2cc3c(cn2)[nH]c2ccccc23)c1. The van der Waals surface area contributed by atoms with Gasteiger partial charge in [-0.3, -0.25) is 0 Å². The molecule has 3 aromatic carbocycles. The fourth-order valence-corrected chi connectivity index (χ4v) is 3.59. The molecule has 0 aliphatic heterocycles. The molecular formula is C24H18ClN3O. The Balaban J connectivity index is 1.35. The topological polar surface area (TPSA) is 49.9 Å². The molecule has 0 unspecified atom stereocenters. The van der Waals surface area contributed by atoms with Crippen molar-refractivity contribution in [3.63, 3.8) is 0 Å². The lowest BCUT2D eigenvalue weighted by molar-refractivity contribution is 0.482. The van der Waals surface area contributed by atoms with Crippen molar-refractivity contribution >= 4 is 39.2 Å². The zero-order valence-corrected chi connectivity index (χ0v) is 16.3. The first-order valence-electron chi connectivity index (χ1n) is 9.38. The van der Waals surface area contributed by atoms with Crippen molar-refractivity contribution in [3.8, 4) is 11.5 Å². The van der Waals surface area contributed by atoms with Gasteiger partial charge in [0, 0.05) is 22.8 Å². The van der Waals surface area contributed by atoms with Crippen molar-refractivity contribution in [1.82, 2.24) is 9.97 Å². The maximum atomic E-state index is 6.19. The smallest absolute Gasteiger partial charge is 0.146 e. The summed E-state index contributed by atoms with van der Waals surface area (Å²) in [6, 6.07) is 25.8. The summed E-state index contributed by atoms with van der Waals surface area (Å²) < 4.78 is 5.92. The molecule has 0 spiro atoms. The maximum Gasteiger partial charge on any atom is 0.146 e. The van der Waals surface area contributed by atoms with Crippen LogP contribution < -0.4 is 10.1 Å². The minimum Gasteiger partial charge on any atom is -0.456 e.